The molecule has 0 aliphatic heterocycles. The Kier molecular flexibility index (Phi) is 4.81. The van der Waals surface area contributed by atoms with Crippen molar-refractivity contribution < 1.29 is 13.6 Å². The molecule has 1 heterocycles. The topological polar surface area (TPSA) is 54.6 Å². The Balaban J connectivity index is 1.57. The van der Waals surface area contributed by atoms with E-state index >= 15 is 0 Å². The molecule has 4 nitrogen and oxygen atoms in total. The average Bonchev–Trinajstić information content (AvgIpc) is 3.05. The van der Waals surface area contributed by atoms with Crippen LogP contribution in [-0.2, 0) is 11.2 Å². The van der Waals surface area contributed by atoms with Gasteiger partial charge in [0.25, 0.3) is 0 Å². The molecular weight excluding hydrogens is 307 g/mol. The molecule has 1 N–H and O–H groups in total. The molecule has 0 fully saturated rings. The Morgan fingerprint density at radius 2 is 1.79 bits per heavy atom. The second-order valence-corrected chi connectivity index (χ2v) is 5.16. The van der Waals surface area contributed by atoms with Gasteiger partial charge >= 0.3 is 0 Å². The third-order valence-electron chi connectivity index (χ3n) is 3.34. The summed E-state index contributed by atoms with van der Waals surface area (Å²) in [6.45, 7) is 0. The first-order valence-corrected chi connectivity index (χ1v) is 7.42. The zero-order valence-corrected chi connectivity index (χ0v) is 12.8. The van der Waals surface area contributed by atoms with E-state index in [1.165, 1.54) is 18.3 Å². The third-order valence-corrected chi connectivity index (χ3v) is 3.34. The number of halogens is 1. The van der Waals surface area contributed by atoms with Gasteiger partial charge in [-0.15, -0.1) is 0 Å². The molecule has 0 saturated carbocycles. The van der Waals surface area contributed by atoms with Gasteiger partial charge in [0.15, 0.2) is 0 Å². The molecule has 0 atom stereocenters. The number of rotatable bonds is 5. The van der Waals surface area contributed by atoms with E-state index in [1.54, 1.807) is 24.3 Å². The fourth-order valence-electron chi connectivity index (χ4n) is 2.18. The summed E-state index contributed by atoms with van der Waals surface area (Å²) < 4.78 is 18.5. The summed E-state index contributed by atoms with van der Waals surface area (Å²) in [5.74, 6) is 0.595. The van der Waals surface area contributed by atoms with Crippen LogP contribution in [0.3, 0.4) is 0 Å². The smallest absolute Gasteiger partial charge is 0.244 e. The molecule has 3 aromatic rings. The van der Waals surface area contributed by atoms with Gasteiger partial charge in [-0.2, -0.15) is 5.10 Å². The molecule has 0 unspecified atom stereocenters. The van der Waals surface area contributed by atoms with E-state index in [9.17, 15) is 9.18 Å². The second kappa shape index (κ2) is 7.37. The van der Waals surface area contributed by atoms with Crippen molar-refractivity contribution in [2.24, 2.45) is 5.10 Å². The molecule has 120 valence electrons. The zero-order valence-electron chi connectivity index (χ0n) is 12.8. The first-order valence-electron chi connectivity index (χ1n) is 7.42. The minimum absolute atomic E-state index is 0.206. The van der Waals surface area contributed by atoms with E-state index < -0.39 is 0 Å². The van der Waals surface area contributed by atoms with Gasteiger partial charge in [0.1, 0.15) is 17.3 Å². The lowest BCUT2D eigenvalue weighted by Crippen LogP contribution is -2.19. The maximum Gasteiger partial charge on any atom is 0.244 e. The number of amides is 1. The van der Waals surface area contributed by atoms with Crippen LogP contribution in [0.5, 0.6) is 0 Å². The van der Waals surface area contributed by atoms with Crippen LogP contribution in [0, 0.1) is 5.82 Å². The van der Waals surface area contributed by atoms with Crippen LogP contribution in [-0.4, -0.2) is 12.1 Å². The van der Waals surface area contributed by atoms with Gasteiger partial charge < -0.3 is 4.42 Å². The van der Waals surface area contributed by atoms with E-state index in [4.69, 9.17) is 4.42 Å². The van der Waals surface area contributed by atoms with Crippen LogP contribution in [0.2, 0.25) is 0 Å². The van der Waals surface area contributed by atoms with Gasteiger partial charge in [-0.3, -0.25) is 4.79 Å². The maximum absolute atomic E-state index is 12.9. The standard InChI is InChI=1S/C19H15FN2O2/c20-16-8-6-15(7-9-16)18-11-10-17(24-18)13-21-22-19(23)12-14-4-2-1-3-5-14/h1-11,13H,12H2,(H,22,23). The first-order chi connectivity index (χ1) is 11.7. The predicted octanol–water partition coefficient (Wildman–Crippen LogP) is 3.78. The van der Waals surface area contributed by atoms with Crippen LogP contribution in [0.25, 0.3) is 11.3 Å². The SMILES string of the molecule is O=C(Cc1ccccc1)NN=Cc1ccc(-c2ccc(F)cc2)o1. The molecule has 5 heteroatoms. The van der Waals surface area contributed by atoms with Gasteiger partial charge in [-0.25, -0.2) is 9.82 Å². The van der Waals surface area contributed by atoms with Crippen molar-refractivity contribution in [2.45, 2.75) is 6.42 Å². The number of carbonyl (C=O) groups excluding carboxylic acids is 1. The highest BCUT2D eigenvalue weighted by Gasteiger charge is 2.04. The van der Waals surface area contributed by atoms with E-state index in [0.717, 1.165) is 11.1 Å². The normalized spacial score (nSPS) is 10.9. The lowest BCUT2D eigenvalue weighted by atomic mass is 10.1. The Labute approximate surface area is 138 Å². The van der Waals surface area contributed by atoms with Crippen LogP contribution in [0.4, 0.5) is 4.39 Å². The molecule has 1 amide bonds. The summed E-state index contributed by atoms with van der Waals surface area (Å²) in [4.78, 5) is 11.8. The minimum Gasteiger partial charge on any atom is -0.455 e. The van der Waals surface area contributed by atoms with Gasteiger partial charge in [0, 0.05) is 5.56 Å². The lowest BCUT2D eigenvalue weighted by Gasteiger charge is -1.99. The van der Waals surface area contributed by atoms with Crippen molar-refractivity contribution in [1.82, 2.24) is 5.43 Å². The summed E-state index contributed by atoms with van der Waals surface area (Å²) in [5, 5.41) is 3.88. The number of hydrogen-bond donors (Lipinski definition) is 1. The summed E-state index contributed by atoms with van der Waals surface area (Å²) in [5.41, 5.74) is 4.14. The second-order valence-electron chi connectivity index (χ2n) is 5.16. The van der Waals surface area contributed by atoms with E-state index in [1.807, 2.05) is 30.3 Å². The maximum atomic E-state index is 12.9. The van der Waals surface area contributed by atoms with E-state index in [0.29, 0.717) is 11.5 Å². The van der Waals surface area contributed by atoms with Gasteiger partial charge in [-0.1, -0.05) is 30.3 Å². The molecule has 3 rings (SSSR count). The Bertz CT molecular complexity index is 839. The lowest BCUT2D eigenvalue weighted by molar-refractivity contribution is -0.120. The number of hydrazone groups is 1. The summed E-state index contributed by atoms with van der Waals surface area (Å²) >= 11 is 0. The molecule has 0 aliphatic rings. The van der Waals surface area contributed by atoms with Crippen molar-refractivity contribution >= 4 is 12.1 Å². The molecule has 0 saturated heterocycles. The van der Waals surface area contributed by atoms with Crippen molar-refractivity contribution in [3.05, 3.63) is 83.9 Å². The van der Waals surface area contributed by atoms with E-state index in [2.05, 4.69) is 10.5 Å². The van der Waals surface area contributed by atoms with Gasteiger partial charge in [0.05, 0.1) is 12.6 Å². The van der Waals surface area contributed by atoms with Crippen LogP contribution in [0.15, 0.2) is 76.2 Å². The fraction of sp³-hybridized carbons (Fsp3) is 0.0526. The summed E-state index contributed by atoms with van der Waals surface area (Å²) in [7, 11) is 0. The van der Waals surface area contributed by atoms with Crippen molar-refractivity contribution in [3.63, 3.8) is 0 Å². The van der Waals surface area contributed by atoms with E-state index in [-0.39, 0.29) is 18.1 Å². The van der Waals surface area contributed by atoms with Crippen molar-refractivity contribution in [3.8, 4) is 11.3 Å². The van der Waals surface area contributed by atoms with Crippen molar-refractivity contribution in [2.75, 3.05) is 0 Å². The highest BCUT2D eigenvalue weighted by atomic mass is 19.1. The zero-order chi connectivity index (χ0) is 16.8. The number of benzene rings is 2. The highest BCUT2D eigenvalue weighted by molar-refractivity contribution is 5.82. The van der Waals surface area contributed by atoms with Gasteiger partial charge in [0.2, 0.25) is 5.91 Å². The van der Waals surface area contributed by atoms with Crippen LogP contribution in [0.1, 0.15) is 11.3 Å². The Hall–Kier alpha value is -3.21. The summed E-state index contributed by atoms with van der Waals surface area (Å²) in [6, 6.07) is 18.9. The number of nitrogens with zero attached hydrogens (tertiary/aromatic N) is 1. The quantitative estimate of drug-likeness (QED) is 0.574. The average molecular weight is 322 g/mol. The van der Waals surface area contributed by atoms with Gasteiger partial charge in [-0.05, 0) is 42.0 Å². The number of carbonyl (C=O) groups is 1. The number of furan rings is 1. The minimum atomic E-state index is -0.298. The third kappa shape index (κ3) is 4.16. The van der Waals surface area contributed by atoms with Crippen LogP contribution >= 0.6 is 0 Å². The largest absolute Gasteiger partial charge is 0.455 e. The molecule has 2 aromatic carbocycles. The number of nitrogens with one attached hydrogen (secondary N) is 1. The monoisotopic (exact) mass is 322 g/mol. The fourth-order valence-corrected chi connectivity index (χ4v) is 2.18. The van der Waals surface area contributed by atoms with Crippen LogP contribution < -0.4 is 5.43 Å². The first kappa shape index (κ1) is 15.7. The molecule has 0 bridgehead atoms. The van der Waals surface area contributed by atoms with Crippen molar-refractivity contribution in [1.29, 1.82) is 0 Å². The predicted molar refractivity (Wildman–Crippen MR) is 90.0 cm³/mol. The summed E-state index contributed by atoms with van der Waals surface area (Å²) in [6.07, 6.45) is 1.69. The molecular formula is C19H15FN2O2. The Morgan fingerprint density at radius 1 is 1.04 bits per heavy atom. The molecule has 24 heavy (non-hydrogen) atoms. The Morgan fingerprint density at radius 3 is 2.54 bits per heavy atom. The molecule has 0 spiro atoms. The highest BCUT2D eigenvalue weighted by Crippen LogP contribution is 2.21. The molecule has 0 aliphatic carbocycles. The molecule has 0 radical (unpaired) electrons. The molecule has 1 aromatic heterocycles. The number of hydrogen-bond acceptors (Lipinski definition) is 3.